The Bertz CT molecular complexity index is 911. The molecular formula is C18H17BrF2N4O2. The first kappa shape index (κ1) is 19.2. The van der Waals surface area contributed by atoms with E-state index in [0.29, 0.717) is 5.69 Å². The maximum atomic E-state index is 14.3. The highest BCUT2D eigenvalue weighted by Gasteiger charge is 2.27. The Labute approximate surface area is 163 Å². The minimum absolute atomic E-state index is 0.0299. The Kier molecular flexibility index (Phi) is 5.69. The zero-order valence-corrected chi connectivity index (χ0v) is 16.2. The molecule has 0 saturated heterocycles. The molecule has 0 radical (unpaired) electrons. The molecule has 2 aromatic rings. The summed E-state index contributed by atoms with van der Waals surface area (Å²) >= 11 is 2.98. The fourth-order valence-corrected chi connectivity index (χ4v) is 2.98. The largest absolute Gasteiger partial charge is 0.441 e. The van der Waals surface area contributed by atoms with Crippen LogP contribution in [0.15, 0.2) is 46.7 Å². The van der Waals surface area contributed by atoms with Gasteiger partial charge in [0, 0.05) is 10.9 Å². The fourth-order valence-electron chi connectivity index (χ4n) is 2.62. The van der Waals surface area contributed by atoms with Gasteiger partial charge in [-0.3, -0.25) is 5.32 Å². The van der Waals surface area contributed by atoms with Gasteiger partial charge >= 0.3 is 6.09 Å². The van der Waals surface area contributed by atoms with Gasteiger partial charge in [0.15, 0.2) is 5.82 Å². The summed E-state index contributed by atoms with van der Waals surface area (Å²) in [5, 5.41) is 10.2. The summed E-state index contributed by atoms with van der Waals surface area (Å²) in [4.78, 5) is 12.3. The van der Waals surface area contributed by atoms with Crippen LogP contribution in [0.1, 0.15) is 30.7 Å². The summed E-state index contributed by atoms with van der Waals surface area (Å²) in [7, 11) is 0. The highest BCUT2D eigenvalue weighted by molar-refractivity contribution is 9.11. The van der Waals surface area contributed by atoms with Crippen molar-refractivity contribution in [1.29, 1.82) is 0 Å². The summed E-state index contributed by atoms with van der Waals surface area (Å²) in [6.45, 7) is 3.33. The number of amides is 1. The van der Waals surface area contributed by atoms with E-state index in [1.165, 1.54) is 0 Å². The molecule has 1 aliphatic rings. The molecule has 142 valence electrons. The predicted molar refractivity (Wildman–Crippen MR) is 101 cm³/mol. The van der Waals surface area contributed by atoms with Gasteiger partial charge in [-0.1, -0.05) is 51.5 Å². The zero-order chi connectivity index (χ0) is 19.6. The van der Waals surface area contributed by atoms with Gasteiger partial charge in [-0.25, -0.2) is 13.6 Å². The van der Waals surface area contributed by atoms with Crippen molar-refractivity contribution >= 4 is 33.5 Å². The topological polar surface area (TPSA) is 69.0 Å². The average molecular weight is 439 g/mol. The van der Waals surface area contributed by atoms with Crippen molar-refractivity contribution in [1.82, 2.24) is 15.0 Å². The quantitative estimate of drug-likeness (QED) is 0.724. The molecule has 9 heteroatoms. The standard InChI is InChI=1S/C18H17BrF2N4O2/c1-10-17(22-18(26)27-11(2)12-6-4-3-5-7-12)25(24-23-10)16-9-14(20)13(19)8-15(16)21/h3-8,11,14H,9H2,1-2H3,(H,22,26). The van der Waals surface area contributed by atoms with Crippen molar-refractivity contribution in [2.24, 2.45) is 0 Å². The van der Waals surface area contributed by atoms with Crippen LogP contribution in [0.2, 0.25) is 0 Å². The molecule has 2 atom stereocenters. The van der Waals surface area contributed by atoms with Crippen molar-refractivity contribution in [3.05, 3.63) is 58.0 Å². The lowest BCUT2D eigenvalue weighted by Gasteiger charge is -2.19. The first-order chi connectivity index (χ1) is 12.9. The molecule has 2 unspecified atom stereocenters. The second-order valence-corrected chi connectivity index (χ2v) is 6.93. The predicted octanol–water partition coefficient (Wildman–Crippen LogP) is 5.05. The van der Waals surface area contributed by atoms with Gasteiger partial charge < -0.3 is 4.74 Å². The van der Waals surface area contributed by atoms with Gasteiger partial charge in [-0.2, -0.15) is 4.68 Å². The zero-order valence-electron chi connectivity index (χ0n) is 14.6. The number of rotatable bonds is 4. The Hall–Kier alpha value is -2.55. The van der Waals surface area contributed by atoms with Crippen molar-refractivity contribution < 1.29 is 18.3 Å². The van der Waals surface area contributed by atoms with E-state index in [1.54, 1.807) is 13.8 Å². The molecule has 3 rings (SSSR count). The van der Waals surface area contributed by atoms with Crippen LogP contribution < -0.4 is 5.32 Å². The Morgan fingerprint density at radius 2 is 2.11 bits per heavy atom. The smallest absolute Gasteiger partial charge is 0.413 e. The van der Waals surface area contributed by atoms with Crippen LogP contribution in [-0.4, -0.2) is 27.3 Å². The van der Waals surface area contributed by atoms with E-state index in [1.807, 2.05) is 30.3 Å². The van der Waals surface area contributed by atoms with E-state index >= 15 is 0 Å². The number of anilines is 1. The lowest BCUT2D eigenvalue weighted by molar-refractivity contribution is 0.121. The molecule has 1 aromatic heterocycles. The minimum atomic E-state index is -1.40. The number of hydrogen-bond donors (Lipinski definition) is 1. The Morgan fingerprint density at radius 3 is 2.81 bits per heavy atom. The molecule has 0 spiro atoms. The van der Waals surface area contributed by atoms with Crippen LogP contribution in [0.3, 0.4) is 0 Å². The second kappa shape index (κ2) is 7.99. The normalized spacial score (nSPS) is 18.1. The number of halogens is 3. The number of nitrogens with one attached hydrogen (secondary N) is 1. The SMILES string of the molecule is Cc1nnn(C2=C(F)C=C(Br)C(F)C2)c1NC(=O)OC(C)c1ccccc1. The average Bonchev–Trinajstić information content (AvgIpc) is 2.99. The molecule has 6 nitrogen and oxygen atoms in total. The lowest BCUT2D eigenvalue weighted by Crippen LogP contribution is -2.20. The Balaban J connectivity index is 1.79. The highest BCUT2D eigenvalue weighted by Crippen LogP contribution is 2.34. The van der Waals surface area contributed by atoms with E-state index in [9.17, 15) is 13.6 Å². The van der Waals surface area contributed by atoms with Crippen molar-refractivity contribution in [2.45, 2.75) is 32.5 Å². The van der Waals surface area contributed by atoms with Gasteiger partial charge in [0.2, 0.25) is 0 Å². The number of aryl methyl sites for hydroxylation is 1. The minimum Gasteiger partial charge on any atom is -0.441 e. The molecule has 1 aromatic carbocycles. The number of aromatic nitrogens is 3. The number of alkyl halides is 1. The van der Waals surface area contributed by atoms with Gasteiger partial charge in [-0.05, 0) is 25.5 Å². The molecule has 0 saturated carbocycles. The van der Waals surface area contributed by atoms with Crippen LogP contribution >= 0.6 is 15.9 Å². The third kappa shape index (κ3) is 4.24. The molecule has 0 bridgehead atoms. The van der Waals surface area contributed by atoms with Gasteiger partial charge in [-0.15, -0.1) is 5.10 Å². The number of allylic oxidation sites excluding steroid dienone is 4. The van der Waals surface area contributed by atoms with Crippen LogP contribution in [0.4, 0.5) is 19.4 Å². The number of nitrogens with zero attached hydrogens (tertiary/aromatic N) is 3. The number of ether oxygens (including phenoxy) is 1. The molecule has 1 heterocycles. The molecule has 1 aliphatic carbocycles. The van der Waals surface area contributed by atoms with Crippen molar-refractivity contribution in [2.75, 3.05) is 5.32 Å². The van der Waals surface area contributed by atoms with Crippen LogP contribution in [0, 0.1) is 6.92 Å². The maximum Gasteiger partial charge on any atom is 0.413 e. The van der Waals surface area contributed by atoms with Crippen molar-refractivity contribution in [3.8, 4) is 0 Å². The molecular weight excluding hydrogens is 422 g/mol. The summed E-state index contributed by atoms with van der Waals surface area (Å²) in [6, 6.07) is 9.22. The van der Waals surface area contributed by atoms with Gasteiger partial charge in [0.1, 0.15) is 23.8 Å². The number of carbonyl (C=O) groups is 1. The number of carbonyl (C=O) groups excluding carboxylic acids is 1. The first-order valence-corrected chi connectivity index (χ1v) is 9.01. The fraction of sp³-hybridized carbons (Fsp3) is 0.278. The van der Waals surface area contributed by atoms with Crippen LogP contribution in [0.25, 0.3) is 5.70 Å². The summed E-state index contributed by atoms with van der Waals surface area (Å²) < 4.78 is 34.8. The first-order valence-electron chi connectivity index (χ1n) is 8.22. The van der Waals surface area contributed by atoms with Crippen LogP contribution in [-0.2, 0) is 4.74 Å². The Morgan fingerprint density at radius 1 is 1.41 bits per heavy atom. The van der Waals surface area contributed by atoms with Crippen molar-refractivity contribution in [3.63, 3.8) is 0 Å². The maximum absolute atomic E-state index is 14.3. The van der Waals surface area contributed by atoms with E-state index < -0.39 is 24.2 Å². The number of hydrogen-bond acceptors (Lipinski definition) is 4. The third-order valence-corrected chi connectivity index (χ3v) is 4.81. The monoisotopic (exact) mass is 438 g/mol. The molecule has 0 aliphatic heterocycles. The number of benzene rings is 1. The summed E-state index contributed by atoms with van der Waals surface area (Å²) in [5.41, 5.74) is 1.15. The summed E-state index contributed by atoms with van der Waals surface area (Å²) in [5.74, 6) is -0.529. The van der Waals surface area contributed by atoms with E-state index in [4.69, 9.17) is 4.74 Å². The van der Waals surface area contributed by atoms with Gasteiger partial charge in [0.25, 0.3) is 0 Å². The third-order valence-electron chi connectivity index (χ3n) is 4.08. The molecule has 0 fully saturated rings. The highest BCUT2D eigenvalue weighted by atomic mass is 79.9. The van der Waals surface area contributed by atoms with Gasteiger partial charge in [0.05, 0.1) is 5.70 Å². The molecule has 27 heavy (non-hydrogen) atoms. The molecule has 1 N–H and O–H groups in total. The van der Waals surface area contributed by atoms with E-state index in [2.05, 4.69) is 31.6 Å². The lowest BCUT2D eigenvalue weighted by atomic mass is 10.1. The van der Waals surface area contributed by atoms with E-state index in [0.717, 1.165) is 16.3 Å². The molecule has 1 amide bonds. The summed E-state index contributed by atoms with van der Waals surface area (Å²) in [6.07, 6.45) is -1.84. The van der Waals surface area contributed by atoms with Crippen LogP contribution in [0.5, 0.6) is 0 Å². The van der Waals surface area contributed by atoms with E-state index in [-0.39, 0.29) is 22.4 Å². The second-order valence-electron chi connectivity index (χ2n) is 6.01.